The fraction of sp³-hybridized carbons (Fsp3) is 0.550. The average Bonchev–Trinajstić information content (AvgIpc) is 2.98. The lowest BCUT2D eigenvalue weighted by Gasteiger charge is -2.36. The van der Waals surface area contributed by atoms with Crippen molar-refractivity contribution in [3.63, 3.8) is 0 Å². The first-order chi connectivity index (χ1) is 12.6. The molecule has 1 aromatic carbocycles. The molecule has 5 rings (SSSR count). The Morgan fingerprint density at radius 3 is 2.77 bits per heavy atom. The number of carbonyl (C=O) groups is 1. The summed E-state index contributed by atoms with van der Waals surface area (Å²) in [6.45, 7) is 8.01. The van der Waals surface area contributed by atoms with Gasteiger partial charge in [-0.05, 0) is 41.8 Å². The van der Waals surface area contributed by atoms with Crippen molar-refractivity contribution in [3.05, 3.63) is 46.5 Å². The molecule has 6 heteroatoms. The molecule has 5 nitrogen and oxygen atoms in total. The van der Waals surface area contributed by atoms with Gasteiger partial charge in [-0.1, -0.05) is 48.7 Å². The summed E-state index contributed by atoms with van der Waals surface area (Å²) in [4.78, 5) is 18.6. The molecule has 138 valence electrons. The first kappa shape index (κ1) is 17.6. The van der Waals surface area contributed by atoms with Crippen molar-refractivity contribution in [1.29, 1.82) is 0 Å². The monoisotopic (exact) mass is 370 g/mol. The van der Waals surface area contributed by atoms with E-state index in [-0.39, 0.29) is 11.8 Å². The molecule has 0 N–H and O–H groups in total. The van der Waals surface area contributed by atoms with Crippen LogP contribution in [0.15, 0.2) is 30.3 Å². The van der Waals surface area contributed by atoms with E-state index in [9.17, 15) is 4.79 Å². The second-order valence-electron chi connectivity index (χ2n) is 7.88. The molecule has 2 bridgehead atoms. The number of carbonyl (C=O) groups excluding carboxylic acids is 1. The van der Waals surface area contributed by atoms with E-state index in [0.717, 1.165) is 43.2 Å². The van der Waals surface area contributed by atoms with E-state index in [1.165, 1.54) is 23.5 Å². The van der Waals surface area contributed by atoms with Gasteiger partial charge in [0.1, 0.15) is 4.88 Å². The van der Waals surface area contributed by atoms with E-state index in [1.807, 2.05) is 0 Å². The van der Waals surface area contributed by atoms with Crippen molar-refractivity contribution in [2.75, 3.05) is 19.6 Å². The maximum Gasteiger partial charge on any atom is 0.267 e. The Balaban J connectivity index is 1.51. The van der Waals surface area contributed by atoms with Gasteiger partial charge in [-0.2, -0.15) is 0 Å². The molecular formula is C20H26N4OS. The molecule has 4 heterocycles. The Bertz CT molecular complexity index is 760. The highest BCUT2D eigenvalue weighted by Crippen LogP contribution is 2.31. The van der Waals surface area contributed by atoms with Gasteiger partial charge in [0.15, 0.2) is 0 Å². The molecule has 0 saturated carbocycles. The van der Waals surface area contributed by atoms with Crippen LogP contribution in [0.3, 0.4) is 0 Å². The molecule has 26 heavy (non-hydrogen) atoms. The van der Waals surface area contributed by atoms with Crippen LogP contribution in [0.1, 0.15) is 53.5 Å². The number of amides is 1. The van der Waals surface area contributed by atoms with Crippen molar-refractivity contribution in [2.24, 2.45) is 5.92 Å². The predicted molar refractivity (Wildman–Crippen MR) is 103 cm³/mol. The van der Waals surface area contributed by atoms with Crippen LogP contribution in [-0.2, 0) is 6.54 Å². The minimum atomic E-state index is 0.139. The van der Waals surface area contributed by atoms with Crippen molar-refractivity contribution < 1.29 is 4.79 Å². The van der Waals surface area contributed by atoms with Crippen LogP contribution < -0.4 is 0 Å². The minimum absolute atomic E-state index is 0.139. The highest BCUT2D eigenvalue weighted by molar-refractivity contribution is 7.08. The number of piperidine rings is 1. The predicted octanol–water partition coefficient (Wildman–Crippen LogP) is 3.40. The maximum atomic E-state index is 13.2. The van der Waals surface area contributed by atoms with Gasteiger partial charge in [0.05, 0.1) is 5.69 Å². The summed E-state index contributed by atoms with van der Waals surface area (Å²) in [5.41, 5.74) is 2.20. The average molecular weight is 371 g/mol. The lowest BCUT2D eigenvalue weighted by molar-refractivity contribution is 0.0588. The molecule has 2 aromatic rings. The number of hydrogen-bond acceptors (Lipinski definition) is 5. The number of benzene rings is 1. The Labute approximate surface area is 159 Å². The molecule has 1 aromatic heterocycles. The molecule has 0 radical (unpaired) electrons. The van der Waals surface area contributed by atoms with Gasteiger partial charge in [-0.15, -0.1) is 5.10 Å². The van der Waals surface area contributed by atoms with Crippen molar-refractivity contribution in [1.82, 2.24) is 19.4 Å². The summed E-state index contributed by atoms with van der Waals surface area (Å²) in [5, 5.41) is 4.20. The second-order valence-corrected chi connectivity index (χ2v) is 8.63. The molecule has 3 aliphatic heterocycles. The van der Waals surface area contributed by atoms with Crippen molar-refractivity contribution >= 4 is 17.4 Å². The maximum absolute atomic E-state index is 13.2. The Hall–Kier alpha value is -1.79. The molecule has 3 aliphatic rings. The van der Waals surface area contributed by atoms with Gasteiger partial charge < -0.3 is 4.90 Å². The van der Waals surface area contributed by atoms with Crippen LogP contribution in [0.5, 0.6) is 0 Å². The molecule has 1 amide bonds. The largest absolute Gasteiger partial charge is 0.333 e. The van der Waals surface area contributed by atoms with Gasteiger partial charge in [-0.3, -0.25) is 9.69 Å². The molecular weight excluding hydrogens is 344 g/mol. The number of nitrogens with zero attached hydrogens (tertiary/aromatic N) is 4. The normalized spacial score (nSPS) is 23.4. The van der Waals surface area contributed by atoms with E-state index < -0.39 is 0 Å². The standard InChI is InChI=1S/C20H26N4OS/c1-14(2)18-19(26-22-21-18)20(25)24-12-16-8-9-17(24)13-23(11-16)10-15-6-4-3-5-7-15/h3-7,14,16-17H,8-13H2,1-2H3/t16-,17+/m0/s1. The number of aromatic nitrogens is 2. The first-order valence-electron chi connectivity index (χ1n) is 9.51. The fourth-order valence-corrected chi connectivity index (χ4v) is 5.03. The number of rotatable bonds is 4. The summed E-state index contributed by atoms with van der Waals surface area (Å²) in [6.07, 6.45) is 2.32. The van der Waals surface area contributed by atoms with E-state index in [4.69, 9.17) is 0 Å². The van der Waals surface area contributed by atoms with E-state index in [2.05, 4.69) is 63.6 Å². The van der Waals surface area contributed by atoms with E-state index in [1.54, 1.807) is 0 Å². The molecule has 3 fully saturated rings. The van der Waals surface area contributed by atoms with Gasteiger partial charge in [0, 0.05) is 32.2 Å². The van der Waals surface area contributed by atoms with Crippen molar-refractivity contribution in [3.8, 4) is 0 Å². The molecule has 0 aliphatic carbocycles. The molecule has 3 saturated heterocycles. The Morgan fingerprint density at radius 2 is 2.00 bits per heavy atom. The highest BCUT2D eigenvalue weighted by Gasteiger charge is 2.38. The van der Waals surface area contributed by atoms with Crippen molar-refractivity contribution in [2.45, 2.75) is 45.2 Å². The molecule has 0 spiro atoms. The van der Waals surface area contributed by atoms with Gasteiger partial charge in [0.25, 0.3) is 5.91 Å². The third-order valence-electron chi connectivity index (χ3n) is 5.55. The quantitative estimate of drug-likeness (QED) is 0.828. The highest BCUT2D eigenvalue weighted by atomic mass is 32.1. The van der Waals surface area contributed by atoms with Gasteiger partial charge in [-0.25, -0.2) is 0 Å². The summed E-state index contributed by atoms with van der Waals surface area (Å²) in [6, 6.07) is 10.9. The zero-order chi connectivity index (χ0) is 18.1. The van der Waals surface area contributed by atoms with Gasteiger partial charge >= 0.3 is 0 Å². The molecule has 2 atom stereocenters. The summed E-state index contributed by atoms with van der Waals surface area (Å²) in [5.74, 6) is 0.927. The SMILES string of the molecule is CC(C)c1nnsc1C(=O)N1C[C@H]2CC[C@@H]1CN(Cc1ccccc1)C2. The summed E-state index contributed by atoms with van der Waals surface area (Å²) < 4.78 is 4.05. The topological polar surface area (TPSA) is 49.3 Å². The number of fused-ring (bicyclic) bond motifs is 4. The van der Waals surface area contributed by atoms with Gasteiger partial charge in [0.2, 0.25) is 0 Å². The van der Waals surface area contributed by atoms with E-state index >= 15 is 0 Å². The summed E-state index contributed by atoms with van der Waals surface area (Å²) >= 11 is 1.25. The zero-order valence-corrected chi connectivity index (χ0v) is 16.3. The van der Waals surface area contributed by atoms with Crippen LogP contribution in [0, 0.1) is 5.92 Å². The zero-order valence-electron chi connectivity index (χ0n) is 15.5. The Morgan fingerprint density at radius 1 is 1.19 bits per heavy atom. The van der Waals surface area contributed by atoms with Crippen LogP contribution in [0.2, 0.25) is 0 Å². The fourth-order valence-electron chi connectivity index (χ4n) is 4.25. The van der Waals surface area contributed by atoms with E-state index in [0.29, 0.717) is 12.0 Å². The minimum Gasteiger partial charge on any atom is -0.333 e. The third-order valence-corrected chi connectivity index (χ3v) is 6.28. The molecule has 0 unspecified atom stereocenters. The first-order valence-corrected chi connectivity index (χ1v) is 10.3. The Kier molecular flexibility index (Phi) is 5.05. The second kappa shape index (κ2) is 7.45. The lowest BCUT2D eigenvalue weighted by atomic mass is 9.94. The van der Waals surface area contributed by atoms with Crippen LogP contribution >= 0.6 is 11.5 Å². The van der Waals surface area contributed by atoms with Crippen LogP contribution in [0.4, 0.5) is 0 Å². The smallest absolute Gasteiger partial charge is 0.267 e. The third kappa shape index (κ3) is 3.53. The van der Waals surface area contributed by atoms with Crippen LogP contribution in [0.25, 0.3) is 0 Å². The lowest BCUT2D eigenvalue weighted by Crippen LogP contribution is -2.47. The number of hydrogen-bond donors (Lipinski definition) is 0. The van der Waals surface area contributed by atoms with Crippen LogP contribution in [-0.4, -0.2) is 51.0 Å². The summed E-state index contributed by atoms with van der Waals surface area (Å²) in [7, 11) is 0.